The predicted octanol–water partition coefficient (Wildman–Crippen LogP) is 5.65. The summed E-state index contributed by atoms with van der Waals surface area (Å²) in [6, 6.07) is 8.03. The lowest BCUT2D eigenvalue weighted by atomic mass is 10.0. The van der Waals surface area contributed by atoms with Crippen molar-refractivity contribution >= 4 is 35.1 Å². The number of hydrogen-bond acceptors (Lipinski definition) is 8. The van der Waals surface area contributed by atoms with Gasteiger partial charge in [0.1, 0.15) is 11.4 Å². The van der Waals surface area contributed by atoms with E-state index in [1.165, 1.54) is 13.2 Å². The van der Waals surface area contributed by atoms with Crippen LogP contribution in [0.15, 0.2) is 36.5 Å². The molecule has 2 N–H and O–H groups in total. The number of nitrogens with one attached hydrogen (secondary N) is 2. The SMILES string of the molecule is CCc1cccc(Nc2nc(Nc3ccc(N4CCCN(C)CC4)c(F)c3OC)ncc2C(F)(F)F)c1C=O. The number of benzene rings is 2. The number of aryl methyl sites for hydroxylation is 1. The number of anilines is 5. The number of halogens is 4. The smallest absolute Gasteiger partial charge is 0.421 e. The summed E-state index contributed by atoms with van der Waals surface area (Å²) in [5.74, 6) is -1.47. The molecule has 0 unspecified atom stereocenters. The van der Waals surface area contributed by atoms with E-state index < -0.39 is 23.4 Å². The molecule has 0 spiro atoms. The van der Waals surface area contributed by atoms with Crippen LogP contribution in [0, 0.1) is 5.82 Å². The molecule has 2 aromatic carbocycles. The van der Waals surface area contributed by atoms with Crippen LogP contribution in [0.2, 0.25) is 0 Å². The Labute approximate surface area is 224 Å². The fourth-order valence-electron chi connectivity index (χ4n) is 4.54. The highest BCUT2D eigenvalue weighted by Crippen LogP contribution is 2.38. The number of aldehydes is 1. The number of likely N-dealkylation sites (N-methyl/N-ethyl adjacent to an activating group) is 1. The summed E-state index contributed by atoms with van der Waals surface area (Å²) < 4.78 is 62.3. The van der Waals surface area contributed by atoms with E-state index in [1.54, 1.807) is 24.3 Å². The number of nitrogens with zero attached hydrogens (tertiary/aromatic N) is 4. The molecule has 8 nitrogen and oxygen atoms in total. The quantitative estimate of drug-likeness (QED) is 0.277. The summed E-state index contributed by atoms with van der Waals surface area (Å²) in [5, 5.41) is 5.42. The van der Waals surface area contributed by atoms with E-state index in [2.05, 4.69) is 25.5 Å². The summed E-state index contributed by atoms with van der Waals surface area (Å²) in [7, 11) is 3.33. The number of ether oxygens (including phenoxy) is 1. The fraction of sp³-hybridized carbons (Fsp3) is 0.370. The van der Waals surface area contributed by atoms with Crippen molar-refractivity contribution in [2.75, 3.05) is 55.9 Å². The average molecular weight is 547 g/mol. The zero-order valence-corrected chi connectivity index (χ0v) is 21.9. The van der Waals surface area contributed by atoms with Crippen molar-refractivity contribution in [2.24, 2.45) is 0 Å². The maximum atomic E-state index is 15.5. The third-order valence-electron chi connectivity index (χ3n) is 6.63. The highest BCUT2D eigenvalue weighted by atomic mass is 19.4. The van der Waals surface area contributed by atoms with Crippen molar-refractivity contribution in [1.82, 2.24) is 14.9 Å². The number of methoxy groups -OCH3 is 1. The molecule has 4 rings (SSSR count). The zero-order valence-electron chi connectivity index (χ0n) is 21.9. The maximum Gasteiger partial charge on any atom is 0.421 e. The van der Waals surface area contributed by atoms with Crippen LogP contribution in [-0.2, 0) is 12.6 Å². The van der Waals surface area contributed by atoms with Gasteiger partial charge in [0.2, 0.25) is 5.95 Å². The number of carbonyl (C=O) groups excluding carboxylic acids is 1. The molecule has 3 aromatic rings. The molecule has 0 atom stereocenters. The van der Waals surface area contributed by atoms with E-state index in [0.717, 1.165) is 19.5 Å². The molecule has 208 valence electrons. The van der Waals surface area contributed by atoms with Gasteiger partial charge < -0.3 is 25.2 Å². The Morgan fingerprint density at radius 3 is 2.56 bits per heavy atom. The monoisotopic (exact) mass is 546 g/mol. The number of rotatable bonds is 8. The van der Waals surface area contributed by atoms with E-state index >= 15 is 4.39 Å². The Morgan fingerprint density at radius 2 is 1.87 bits per heavy atom. The van der Waals surface area contributed by atoms with Crippen molar-refractivity contribution in [3.63, 3.8) is 0 Å². The molecule has 39 heavy (non-hydrogen) atoms. The number of alkyl halides is 3. The summed E-state index contributed by atoms with van der Waals surface area (Å²) >= 11 is 0. The Bertz CT molecular complexity index is 1330. The minimum atomic E-state index is -4.77. The lowest BCUT2D eigenvalue weighted by Crippen LogP contribution is -2.29. The normalized spacial score (nSPS) is 14.6. The van der Waals surface area contributed by atoms with Gasteiger partial charge in [-0.25, -0.2) is 9.37 Å². The van der Waals surface area contributed by atoms with Crippen LogP contribution < -0.4 is 20.3 Å². The molecule has 1 aliphatic heterocycles. The molecule has 1 fully saturated rings. The van der Waals surface area contributed by atoms with Crippen molar-refractivity contribution < 1.29 is 27.1 Å². The van der Waals surface area contributed by atoms with Gasteiger partial charge in [-0.1, -0.05) is 19.1 Å². The van der Waals surface area contributed by atoms with E-state index in [-0.39, 0.29) is 28.6 Å². The average Bonchev–Trinajstić information content (AvgIpc) is 3.12. The zero-order chi connectivity index (χ0) is 28.2. The fourth-order valence-corrected chi connectivity index (χ4v) is 4.54. The van der Waals surface area contributed by atoms with E-state index in [1.807, 2.05) is 18.9 Å². The maximum absolute atomic E-state index is 15.5. The first kappa shape index (κ1) is 28.1. The van der Waals surface area contributed by atoms with Crippen LogP contribution in [0.1, 0.15) is 34.8 Å². The Balaban J connectivity index is 1.68. The highest BCUT2D eigenvalue weighted by molar-refractivity contribution is 5.88. The second-order valence-electron chi connectivity index (χ2n) is 9.18. The first-order valence-electron chi connectivity index (χ1n) is 12.5. The molecule has 0 radical (unpaired) electrons. The van der Waals surface area contributed by atoms with E-state index in [0.29, 0.717) is 43.2 Å². The van der Waals surface area contributed by atoms with Crippen molar-refractivity contribution in [3.05, 3.63) is 59.0 Å². The van der Waals surface area contributed by atoms with Gasteiger partial charge in [-0.05, 0) is 50.2 Å². The van der Waals surface area contributed by atoms with Gasteiger partial charge >= 0.3 is 6.18 Å². The number of aromatic nitrogens is 2. The van der Waals surface area contributed by atoms with Crippen LogP contribution in [0.3, 0.4) is 0 Å². The van der Waals surface area contributed by atoms with Crippen LogP contribution in [-0.4, -0.2) is 61.5 Å². The van der Waals surface area contributed by atoms with Gasteiger partial charge in [0.05, 0.1) is 24.2 Å². The van der Waals surface area contributed by atoms with Gasteiger partial charge in [0, 0.05) is 31.4 Å². The first-order chi connectivity index (χ1) is 18.7. The first-order valence-corrected chi connectivity index (χ1v) is 12.5. The molecule has 1 aromatic heterocycles. The molecule has 0 aliphatic carbocycles. The molecule has 1 saturated heterocycles. The molecule has 12 heteroatoms. The van der Waals surface area contributed by atoms with Gasteiger partial charge in [0.15, 0.2) is 17.9 Å². The summed E-state index contributed by atoms with van der Waals surface area (Å²) in [5.41, 5.74) is 0.494. The standard InChI is InChI=1S/C27H30F4N6O2/c1-4-17-7-5-8-20(18(17)16-38)33-25-19(27(29,30)31)15-32-26(35-25)34-21-9-10-22(23(28)24(21)39-3)37-12-6-11-36(2)13-14-37/h5,7-10,15-16H,4,6,11-14H2,1-3H3,(H2,32,33,34,35). The van der Waals surface area contributed by atoms with Gasteiger partial charge in [-0.3, -0.25) is 4.79 Å². The van der Waals surface area contributed by atoms with Crippen LogP contribution >= 0.6 is 0 Å². The highest BCUT2D eigenvalue weighted by Gasteiger charge is 2.35. The van der Waals surface area contributed by atoms with Gasteiger partial charge in [0.25, 0.3) is 0 Å². The summed E-state index contributed by atoms with van der Waals surface area (Å²) in [6.45, 7) is 4.85. The molecule has 1 aliphatic rings. The van der Waals surface area contributed by atoms with Gasteiger partial charge in [-0.15, -0.1) is 0 Å². The molecular weight excluding hydrogens is 516 g/mol. The Kier molecular flexibility index (Phi) is 8.54. The molecule has 0 bridgehead atoms. The lowest BCUT2D eigenvalue weighted by molar-refractivity contribution is -0.137. The van der Waals surface area contributed by atoms with Gasteiger partial charge in [-0.2, -0.15) is 18.2 Å². The van der Waals surface area contributed by atoms with Crippen molar-refractivity contribution in [3.8, 4) is 5.75 Å². The largest absolute Gasteiger partial charge is 0.492 e. The van der Waals surface area contributed by atoms with Crippen LogP contribution in [0.4, 0.5) is 46.4 Å². The minimum Gasteiger partial charge on any atom is -0.492 e. The number of carbonyl (C=O) groups is 1. The molecular formula is C27H30F4N6O2. The lowest BCUT2D eigenvalue weighted by Gasteiger charge is -2.25. The second kappa shape index (κ2) is 11.9. The second-order valence-corrected chi connectivity index (χ2v) is 9.18. The third kappa shape index (κ3) is 6.22. The molecule has 2 heterocycles. The topological polar surface area (TPSA) is 82.6 Å². The molecule has 0 amide bonds. The van der Waals surface area contributed by atoms with E-state index in [4.69, 9.17) is 4.74 Å². The van der Waals surface area contributed by atoms with E-state index in [9.17, 15) is 18.0 Å². The Morgan fingerprint density at radius 1 is 1.08 bits per heavy atom. The molecule has 0 saturated carbocycles. The van der Waals surface area contributed by atoms with Crippen LogP contribution in [0.25, 0.3) is 0 Å². The van der Waals surface area contributed by atoms with Crippen LogP contribution in [0.5, 0.6) is 5.75 Å². The Hall–Kier alpha value is -3.93. The number of hydrogen-bond donors (Lipinski definition) is 2. The predicted molar refractivity (Wildman–Crippen MR) is 142 cm³/mol. The summed E-state index contributed by atoms with van der Waals surface area (Å²) in [4.78, 5) is 23.7. The van der Waals surface area contributed by atoms with Crippen molar-refractivity contribution in [2.45, 2.75) is 25.9 Å². The third-order valence-corrected chi connectivity index (χ3v) is 6.63. The van der Waals surface area contributed by atoms with Crippen molar-refractivity contribution in [1.29, 1.82) is 0 Å². The minimum absolute atomic E-state index is 0.109. The summed E-state index contributed by atoms with van der Waals surface area (Å²) in [6.07, 6.45) is -2.15.